The van der Waals surface area contributed by atoms with Gasteiger partial charge in [-0.05, 0) is 125 Å². The molecule has 3 aliphatic rings. The van der Waals surface area contributed by atoms with Crippen LogP contribution in [0, 0.1) is 0 Å². The van der Waals surface area contributed by atoms with Crippen molar-refractivity contribution in [3.05, 3.63) is 161 Å². The maximum Gasteiger partial charge on any atom is 0.200 e. The van der Waals surface area contributed by atoms with Gasteiger partial charge >= 0.3 is 0 Å². The summed E-state index contributed by atoms with van der Waals surface area (Å²) in [6, 6.07) is 39.7. The Morgan fingerprint density at radius 2 is 0.953 bits per heavy atom. The zero-order chi connectivity index (χ0) is 60.3. The van der Waals surface area contributed by atoms with Crippen molar-refractivity contribution in [1.82, 2.24) is 0 Å². The van der Waals surface area contributed by atoms with E-state index in [4.69, 9.17) is 70.7 Å². The van der Waals surface area contributed by atoms with Gasteiger partial charge in [0.15, 0.2) is 6.29 Å². The van der Waals surface area contributed by atoms with E-state index < -0.39 is 56.8 Å². The van der Waals surface area contributed by atoms with Crippen molar-refractivity contribution in [2.75, 3.05) is 55.4 Å². The van der Waals surface area contributed by atoms with Crippen LogP contribution in [0.5, 0.6) is 28.7 Å². The second kappa shape index (κ2) is 32.0. The van der Waals surface area contributed by atoms with Gasteiger partial charge in [0.2, 0.25) is 8.32 Å². The number of ether oxygens (including phenoxy) is 14. The fraction of sp³-hybridized carbons (Fsp3) is 0.536. The monoisotopic (exact) mass is 1190 g/mol. The molecule has 10 atom stereocenters. The summed E-state index contributed by atoms with van der Waals surface area (Å²) in [5, 5.41) is 0. The first-order chi connectivity index (χ1) is 41.2. The van der Waals surface area contributed by atoms with Crippen LogP contribution in [0.2, 0.25) is 16.6 Å². The molecule has 5 aromatic carbocycles. The first-order valence-electron chi connectivity index (χ1n) is 30.3. The molecule has 5 aromatic rings. The van der Waals surface area contributed by atoms with Crippen LogP contribution in [0.1, 0.15) is 103 Å². The van der Waals surface area contributed by atoms with Gasteiger partial charge in [-0.2, -0.15) is 0 Å². The molecule has 466 valence electrons. The van der Waals surface area contributed by atoms with Gasteiger partial charge in [-0.15, -0.1) is 0 Å². The topological polar surface area (TPSA) is 138 Å². The van der Waals surface area contributed by atoms with E-state index in [1.807, 2.05) is 121 Å². The van der Waals surface area contributed by atoms with E-state index in [-0.39, 0.29) is 43.5 Å². The van der Waals surface area contributed by atoms with Crippen LogP contribution in [0.15, 0.2) is 133 Å². The van der Waals surface area contributed by atoms with E-state index in [0.29, 0.717) is 65.3 Å². The van der Waals surface area contributed by atoms with Gasteiger partial charge in [0, 0.05) is 14.3 Å². The molecule has 15 nitrogen and oxygen atoms in total. The first-order valence-corrected chi connectivity index (χ1v) is 32.4. The van der Waals surface area contributed by atoms with Gasteiger partial charge in [-0.25, -0.2) is 0 Å². The molecule has 2 saturated heterocycles. The lowest BCUT2D eigenvalue weighted by molar-refractivity contribution is -0.285. The molecule has 2 fully saturated rings. The Balaban J connectivity index is 0.0000106. The SMILES string of the molecule is COc1ccc(COC[C@@H]2O[C@@H]3CCOC(C[C@@H](OCc4ccc(OC)cc4)[C@]4(C)O[C@H](COCc5ccc(OC)cc5)[C@@H](OCc5ccc(OC)cc5)C[C@H]4O[Si](C(C)C)(C(C)C)C(C)C)O[C@H]3/C=C\C[C@H]2OCc2ccc(OC)cc2)cc1.[HH]. The van der Waals surface area contributed by atoms with E-state index in [1.54, 1.807) is 35.5 Å². The van der Waals surface area contributed by atoms with Gasteiger partial charge in [0.25, 0.3) is 0 Å². The molecule has 3 heterocycles. The molecule has 1 unspecified atom stereocenters. The zero-order valence-corrected chi connectivity index (χ0v) is 53.2. The zero-order valence-electron chi connectivity index (χ0n) is 52.2. The number of fused-ring (bicyclic) bond motifs is 1. The number of hydrogen-bond donors (Lipinski definition) is 0. The quantitative estimate of drug-likeness (QED) is 0.0318. The smallest absolute Gasteiger partial charge is 0.200 e. The molecule has 0 aromatic heterocycles. The molecule has 0 amide bonds. The summed E-state index contributed by atoms with van der Waals surface area (Å²) in [6.07, 6.45) is 1.81. The summed E-state index contributed by atoms with van der Waals surface area (Å²) in [7, 11) is 5.72. The highest BCUT2D eigenvalue weighted by atomic mass is 28.4. The van der Waals surface area contributed by atoms with Crippen molar-refractivity contribution in [2.24, 2.45) is 0 Å². The van der Waals surface area contributed by atoms with Gasteiger partial charge in [-0.1, -0.05) is 114 Å². The third-order valence-corrected chi connectivity index (χ3v) is 23.2. The third kappa shape index (κ3) is 17.7. The number of methoxy groups -OCH3 is 5. The van der Waals surface area contributed by atoms with E-state index in [2.05, 4.69) is 60.6 Å². The van der Waals surface area contributed by atoms with Crippen LogP contribution in [-0.2, 0) is 80.1 Å². The van der Waals surface area contributed by atoms with E-state index in [0.717, 1.165) is 56.6 Å². The summed E-state index contributed by atoms with van der Waals surface area (Å²) in [5.41, 5.74) is 4.79. The molecule has 0 aliphatic carbocycles. The van der Waals surface area contributed by atoms with Gasteiger partial charge in [0.1, 0.15) is 52.7 Å². The first kappa shape index (κ1) is 65.6. The van der Waals surface area contributed by atoms with Crippen LogP contribution in [0.3, 0.4) is 0 Å². The predicted octanol–water partition coefficient (Wildman–Crippen LogP) is 13.8. The van der Waals surface area contributed by atoms with Crippen molar-refractivity contribution in [1.29, 1.82) is 0 Å². The summed E-state index contributed by atoms with van der Waals surface area (Å²) in [6.45, 7) is 18.7. The van der Waals surface area contributed by atoms with E-state index >= 15 is 0 Å². The molecular formula is C69H96O15Si. The van der Waals surface area contributed by atoms with Crippen LogP contribution in [-0.4, -0.2) is 124 Å². The summed E-state index contributed by atoms with van der Waals surface area (Å²) < 4.78 is 98.4. The van der Waals surface area contributed by atoms with Gasteiger partial charge < -0.3 is 70.7 Å². The summed E-state index contributed by atoms with van der Waals surface area (Å²) in [4.78, 5) is 0. The van der Waals surface area contributed by atoms with Crippen molar-refractivity contribution >= 4 is 8.32 Å². The maximum atomic E-state index is 8.00. The van der Waals surface area contributed by atoms with Crippen LogP contribution in [0.25, 0.3) is 0 Å². The Morgan fingerprint density at radius 3 is 1.40 bits per heavy atom. The van der Waals surface area contributed by atoms with E-state index in [9.17, 15) is 0 Å². The summed E-state index contributed by atoms with van der Waals surface area (Å²) >= 11 is 0. The maximum absolute atomic E-state index is 8.00. The molecule has 3 aliphatic heterocycles. The van der Waals surface area contributed by atoms with Gasteiger partial charge in [-0.3, -0.25) is 0 Å². The Kier molecular flexibility index (Phi) is 24.7. The minimum atomic E-state index is -2.62. The normalized spacial score (nSPS) is 24.5. The highest BCUT2D eigenvalue weighted by Crippen LogP contribution is 2.48. The van der Waals surface area contributed by atoms with Crippen molar-refractivity contribution in [3.8, 4) is 28.7 Å². The standard InChI is InChI=1S/C69H94O15Si.H2/c1-47(2)85(48(3)4,49(5)6)84-67-38-63(79-43-53-22-32-58(73-11)33-23-53)65(46-76-41-51-18-28-56(71-9)29-19-51)83-69(67,7)66(80-44-54-24-34-59(74-12)35-25-54)39-68-77-37-36-62-61(82-68)15-13-14-60(78-42-52-20-30-57(72-10)31-21-52)64(81-62)45-75-40-50-16-26-55(70-8)27-17-50;/h13,15-35,47-49,60-68H,14,36-46H2,1-12H3;1H/b15-13-;/t60-,61+,62-,63+,64+,65-,66-,67-,68?,69+;/m1./s1. The number of benzene rings is 5. The molecule has 0 radical (unpaired) electrons. The van der Waals surface area contributed by atoms with E-state index in [1.165, 1.54) is 0 Å². The minimum Gasteiger partial charge on any atom is -0.497 e. The Hall–Kier alpha value is -5.34. The average molecular weight is 1190 g/mol. The molecule has 0 spiro atoms. The van der Waals surface area contributed by atoms with Crippen molar-refractivity contribution in [3.63, 3.8) is 0 Å². The van der Waals surface area contributed by atoms with Crippen LogP contribution >= 0.6 is 0 Å². The largest absolute Gasteiger partial charge is 0.497 e. The lowest BCUT2D eigenvalue weighted by Gasteiger charge is -2.55. The number of hydrogen-bond acceptors (Lipinski definition) is 15. The molecule has 8 rings (SSSR count). The molecule has 0 saturated carbocycles. The Morgan fingerprint density at radius 1 is 0.529 bits per heavy atom. The second-order valence-corrected chi connectivity index (χ2v) is 29.0. The number of rotatable bonds is 30. The lowest BCUT2D eigenvalue weighted by atomic mass is 9.82. The van der Waals surface area contributed by atoms with Crippen molar-refractivity contribution in [2.45, 2.75) is 185 Å². The highest BCUT2D eigenvalue weighted by Gasteiger charge is 2.57. The molecule has 0 N–H and O–H groups in total. The lowest BCUT2D eigenvalue weighted by Crippen LogP contribution is -2.66. The highest BCUT2D eigenvalue weighted by molar-refractivity contribution is 6.77. The van der Waals surface area contributed by atoms with Crippen LogP contribution < -0.4 is 23.7 Å². The fourth-order valence-corrected chi connectivity index (χ4v) is 17.9. The Labute approximate surface area is 508 Å². The molecular weight excluding hydrogens is 1100 g/mol. The average Bonchev–Trinajstić information content (AvgIpc) is 2.58. The Bertz CT molecular complexity index is 2730. The predicted molar refractivity (Wildman–Crippen MR) is 332 cm³/mol. The van der Waals surface area contributed by atoms with Gasteiger partial charge in [0.05, 0.1) is 119 Å². The minimum absolute atomic E-state index is 0. The third-order valence-electron chi connectivity index (χ3n) is 17.1. The van der Waals surface area contributed by atoms with Crippen LogP contribution in [0.4, 0.5) is 0 Å². The summed E-state index contributed by atoms with van der Waals surface area (Å²) in [5.74, 6) is 3.90. The molecule has 16 heteroatoms. The molecule has 0 bridgehead atoms. The molecule has 85 heavy (non-hydrogen) atoms. The van der Waals surface area contributed by atoms with Crippen molar-refractivity contribution < 1.29 is 72.2 Å². The fourth-order valence-electron chi connectivity index (χ4n) is 12.3. The second-order valence-electron chi connectivity index (χ2n) is 23.6.